The first kappa shape index (κ1) is 12.5. The highest BCUT2D eigenvalue weighted by Crippen LogP contribution is 2.29. The first-order chi connectivity index (χ1) is 6.43. The minimum absolute atomic E-state index is 0.271. The van der Waals surface area contributed by atoms with Crippen LogP contribution < -0.4 is 5.73 Å². The van der Waals surface area contributed by atoms with Gasteiger partial charge in [-0.15, -0.1) is 0 Å². The van der Waals surface area contributed by atoms with Gasteiger partial charge in [-0.1, -0.05) is 0 Å². The fourth-order valence-electron chi connectivity index (χ4n) is 1.06. The maximum Gasteiger partial charge on any atom is 0.142 e. The standard InChI is InChI=1S/C9H11I2NO2/c1-4(13)8(12)5-2-6(10)9(14)7(11)3-5/h2-4,8,13-14H,12H2,1H3/t4-,8-/m0/s1. The molecule has 0 radical (unpaired) electrons. The highest BCUT2D eigenvalue weighted by Gasteiger charge is 2.15. The number of aromatic hydroxyl groups is 1. The molecule has 14 heavy (non-hydrogen) atoms. The molecule has 0 aliphatic rings. The van der Waals surface area contributed by atoms with Crippen molar-refractivity contribution >= 4 is 45.2 Å². The van der Waals surface area contributed by atoms with Gasteiger partial charge in [-0.2, -0.15) is 0 Å². The average molecular weight is 419 g/mol. The molecule has 0 spiro atoms. The molecule has 0 bridgehead atoms. The predicted molar refractivity (Wildman–Crippen MR) is 72.1 cm³/mol. The van der Waals surface area contributed by atoms with Gasteiger partial charge in [0.1, 0.15) is 5.75 Å². The summed E-state index contributed by atoms with van der Waals surface area (Å²) in [5, 5.41) is 18.9. The molecule has 4 N–H and O–H groups in total. The van der Waals surface area contributed by atoms with Crippen LogP contribution in [0.2, 0.25) is 0 Å². The number of nitrogens with two attached hydrogens (primary N) is 1. The van der Waals surface area contributed by atoms with Gasteiger partial charge in [0, 0.05) is 0 Å². The van der Waals surface area contributed by atoms with Crippen molar-refractivity contribution in [3.63, 3.8) is 0 Å². The summed E-state index contributed by atoms with van der Waals surface area (Å²) in [6.45, 7) is 1.65. The summed E-state index contributed by atoms with van der Waals surface area (Å²) in [7, 11) is 0. The van der Waals surface area contributed by atoms with E-state index < -0.39 is 12.1 Å². The van der Waals surface area contributed by atoms with Crippen LogP contribution in [0.3, 0.4) is 0 Å². The molecule has 1 aromatic carbocycles. The lowest BCUT2D eigenvalue weighted by Gasteiger charge is -2.16. The molecule has 0 heterocycles. The van der Waals surface area contributed by atoms with Crippen molar-refractivity contribution in [2.75, 3.05) is 0 Å². The van der Waals surface area contributed by atoms with Gasteiger partial charge in [0.25, 0.3) is 0 Å². The molecular weight excluding hydrogens is 408 g/mol. The number of hydrogen-bond donors (Lipinski definition) is 3. The van der Waals surface area contributed by atoms with Crippen LogP contribution in [0.25, 0.3) is 0 Å². The van der Waals surface area contributed by atoms with Crippen molar-refractivity contribution in [3.8, 4) is 5.75 Å². The minimum atomic E-state index is -0.592. The number of hydrogen-bond acceptors (Lipinski definition) is 3. The smallest absolute Gasteiger partial charge is 0.142 e. The third-order valence-corrected chi connectivity index (χ3v) is 3.59. The van der Waals surface area contributed by atoms with E-state index >= 15 is 0 Å². The first-order valence-corrected chi connectivity index (χ1v) is 6.20. The SMILES string of the molecule is C[C@H](O)[C@H](N)c1cc(I)c(O)c(I)c1. The monoisotopic (exact) mass is 419 g/mol. The third kappa shape index (κ3) is 2.71. The van der Waals surface area contributed by atoms with Crippen LogP contribution in [-0.4, -0.2) is 16.3 Å². The summed E-state index contributed by atoms with van der Waals surface area (Å²) in [4.78, 5) is 0. The Bertz CT molecular complexity index is 319. The molecule has 0 aromatic heterocycles. The van der Waals surface area contributed by atoms with Crippen LogP contribution >= 0.6 is 45.2 Å². The molecule has 5 heteroatoms. The van der Waals surface area contributed by atoms with Gasteiger partial charge in [0.2, 0.25) is 0 Å². The zero-order valence-electron chi connectivity index (χ0n) is 7.54. The average Bonchev–Trinajstić information content (AvgIpc) is 2.12. The summed E-state index contributed by atoms with van der Waals surface area (Å²) in [6, 6.07) is 3.17. The van der Waals surface area contributed by atoms with E-state index in [0.29, 0.717) is 0 Å². The number of aliphatic hydroxyl groups excluding tert-OH is 1. The molecule has 0 unspecified atom stereocenters. The number of rotatable bonds is 2. The predicted octanol–water partition coefficient (Wildman–Crippen LogP) is 1.98. The van der Waals surface area contributed by atoms with Crippen molar-refractivity contribution in [3.05, 3.63) is 24.8 Å². The van der Waals surface area contributed by atoms with Crippen LogP contribution in [0.15, 0.2) is 12.1 Å². The van der Waals surface area contributed by atoms with Gasteiger partial charge in [-0.3, -0.25) is 0 Å². The Hall–Kier alpha value is 0.400. The Balaban J connectivity index is 3.12. The van der Waals surface area contributed by atoms with Gasteiger partial charge in [0.15, 0.2) is 0 Å². The number of halogens is 2. The van der Waals surface area contributed by atoms with Gasteiger partial charge < -0.3 is 15.9 Å². The van der Waals surface area contributed by atoms with E-state index in [4.69, 9.17) is 5.73 Å². The van der Waals surface area contributed by atoms with Crippen LogP contribution in [0, 0.1) is 7.14 Å². The molecule has 0 aliphatic carbocycles. The third-order valence-electron chi connectivity index (χ3n) is 1.94. The molecule has 0 amide bonds. The topological polar surface area (TPSA) is 66.5 Å². The fourth-order valence-corrected chi connectivity index (χ4v) is 2.87. The second kappa shape index (κ2) is 4.95. The second-order valence-corrected chi connectivity index (χ2v) is 5.42. The highest BCUT2D eigenvalue weighted by atomic mass is 127. The van der Waals surface area contributed by atoms with Crippen molar-refractivity contribution in [1.82, 2.24) is 0 Å². The normalized spacial score (nSPS) is 15.2. The van der Waals surface area contributed by atoms with E-state index in [2.05, 4.69) is 0 Å². The van der Waals surface area contributed by atoms with E-state index in [0.717, 1.165) is 12.7 Å². The largest absolute Gasteiger partial charge is 0.506 e. The lowest BCUT2D eigenvalue weighted by atomic mass is 10.0. The molecule has 1 aromatic rings. The second-order valence-electron chi connectivity index (χ2n) is 3.10. The summed E-state index contributed by atoms with van der Waals surface area (Å²) in [6.07, 6.45) is -0.592. The number of phenols is 1. The molecule has 0 saturated heterocycles. The highest BCUT2D eigenvalue weighted by molar-refractivity contribution is 14.1. The fraction of sp³-hybridized carbons (Fsp3) is 0.333. The molecule has 3 nitrogen and oxygen atoms in total. The van der Waals surface area contributed by atoms with Gasteiger partial charge >= 0.3 is 0 Å². The van der Waals surface area contributed by atoms with E-state index in [1.54, 1.807) is 19.1 Å². The number of benzene rings is 1. The van der Waals surface area contributed by atoms with Crippen molar-refractivity contribution in [1.29, 1.82) is 0 Å². The zero-order valence-corrected chi connectivity index (χ0v) is 11.9. The summed E-state index contributed by atoms with van der Waals surface area (Å²) < 4.78 is 1.50. The zero-order chi connectivity index (χ0) is 10.9. The summed E-state index contributed by atoms with van der Waals surface area (Å²) >= 11 is 4.08. The quantitative estimate of drug-likeness (QED) is 0.643. The first-order valence-electron chi connectivity index (χ1n) is 4.05. The van der Waals surface area contributed by atoms with Crippen LogP contribution in [0.1, 0.15) is 18.5 Å². The maximum absolute atomic E-state index is 9.53. The lowest BCUT2D eigenvalue weighted by molar-refractivity contribution is 0.164. The molecular formula is C9H11I2NO2. The van der Waals surface area contributed by atoms with Crippen LogP contribution in [0.4, 0.5) is 0 Å². The van der Waals surface area contributed by atoms with E-state index in [9.17, 15) is 10.2 Å². The Labute approximate surface area is 110 Å². The molecule has 0 saturated carbocycles. The van der Waals surface area contributed by atoms with Crippen molar-refractivity contribution in [2.24, 2.45) is 5.73 Å². The Kier molecular flexibility index (Phi) is 4.41. The van der Waals surface area contributed by atoms with E-state index in [-0.39, 0.29) is 5.75 Å². The molecule has 2 atom stereocenters. The maximum atomic E-state index is 9.53. The lowest BCUT2D eigenvalue weighted by Crippen LogP contribution is -2.23. The van der Waals surface area contributed by atoms with Gasteiger partial charge in [0.05, 0.1) is 19.3 Å². The van der Waals surface area contributed by atoms with Crippen LogP contribution in [0.5, 0.6) is 5.75 Å². The van der Waals surface area contributed by atoms with Crippen molar-refractivity contribution in [2.45, 2.75) is 19.1 Å². The summed E-state index contributed by atoms with van der Waals surface area (Å²) in [5.41, 5.74) is 6.63. The Morgan fingerprint density at radius 2 is 1.71 bits per heavy atom. The molecule has 0 fully saturated rings. The molecule has 1 rings (SSSR count). The number of aliphatic hydroxyl groups is 1. The summed E-state index contributed by atoms with van der Waals surface area (Å²) in [5.74, 6) is 0.271. The minimum Gasteiger partial charge on any atom is -0.506 e. The Morgan fingerprint density at radius 3 is 2.07 bits per heavy atom. The van der Waals surface area contributed by atoms with E-state index in [1.807, 2.05) is 45.2 Å². The van der Waals surface area contributed by atoms with Gasteiger partial charge in [-0.05, 0) is 69.8 Å². The number of phenolic OH excluding ortho intramolecular Hbond substituents is 1. The van der Waals surface area contributed by atoms with Crippen molar-refractivity contribution < 1.29 is 10.2 Å². The van der Waals surface area contributed by atoms with Crippen LogP contribution in [-0.2, 0) is 0 Å². The molecule has 78 valence electrons. The Morgan fingerprint density at radius 1 is 1.29 bits per heavy atom. The van der Waals surface area contributed by atoms with E-state index in [1.165, 1.54) is 0 Å². The van der Waals surface area contributed by atoms with Gasteiger partial charge in [-0.25, -0.2) is 0 Å². The molecule has 0 aliphatic heterocycles.